The molecule has 0 bridgehead atoms. The second-order valence-corrected chi connectivity index (χ2v) is 5.08. The van der Waals surface area contributed by atoms with Gasteiger partial charge in [0.1, 0.15) is 0 Å². The van der Waals surface area contributed by atoms with Crippen LogP contribution >= 0.6 is 0 Å². The zero-order valence-electron chi connectivity index (χ0n) is 11.2. The lowest BCUT2D eigenvalue weighted by molar-refractivity contribution is 0.142. The highest BCUT2D eigenvalue weighted by Crippen LogP contribution is 2.31. The Kier molecular flexibility index (Phi) is 8.07. The van der Waals surface area contributed by atoms with E-state index in [0.717, 1.165) is 25.6 Å². The molecular weight excluding hydrogens is 186 g/mol. The van der Waals surface area contributed by atoms with Gasteiger partial charge in [-0.05, 0) is 37.1 Å². The van der Waals surface area contributed by atoms with E-state index in [9.17, 15) is 0 Å². The lowest BCUT2D eigenvalue weighted by atomic mass is 9.75. The van der Waals surface area contributed by atoms with Gasteiger partial charge in [0, 0.05) is 20.3 Å². The first-order valence-corrected chi connectivity index (χ1v) is 6.26. The van der Waals surface area contributed by atoms with Crippen molar-refractivity contribution in [2.45, 2.75) is 47.0 Å². The molecule has 0 rings (SSSR count). The van der Waals surface area contributed by atoms with Gasteiger partial charge in [0.05, 0.1) is 0 Å². The van der Waals surface area contributed by atoms with Crippen LogP contribution < -0.4 is 5.32 Å². The molecule has 0 saturated heterocycles. The summed E-state index contributed by atoms with van der Waals surface area (Å²) in [5.41, 5.74) is 0.410. The van der Waals surface area contributed by atoms with Gasteiger partial charge < -0.3 is 10.1 Å². The minimum Gasteiger partial charge on any atom is -0.385 e. The van der Waals surface area contributed by atoms with Gasteiger partial charge in [0.15, 0.2) is 0 Å². The fourth-order valence-corrected chi connectivity index (χ4v) is 1.75. The number of ether oxygens (including phenoxy) is 1. The third-order valence-electron chi connectivity index (χ3n) is 3.45. The van der Waals surface area contributed by atoms with E-state index in [1.165, 1.54) is 19.3 Å². The molecule has 0 amide bonds. The van der Waals surface area contributed by atoms with Crippen LogP contribution in [0, 0.1) is 11.3 Å². The van der Waals surface area contributed by atoms with E-state index >= 15 is 0 Å². The molecule has 0 aliphatic rings. The summed E-state index contributed by atoms with van der Waals surface area (Å²) in [5.74, 6) is 0.721. The summed E-state index contributed by atoms with van der Waals surface area (Å²) in [6.07, 6.45) is 3.63. The predicted molar refractivity (Wildman–Crippen MR) is 67.2 cm³/mol. The Labute approximate surface area is 95.8 Å². The zero-order chi connectivity index (χ0) is 11.7. The van der Waals surface area contributed by atoms with Crippen LogP contribution in [0.15, 0.2) is 0 Å². The van der Waals surface area contributed by atoms with Crippen LogP contribution in [0.3, 0.4) is 0 Å². The summed E-state index contributed by atoms with van der Waals surface area (Å²) < 4.78 is 5.12. The first-order valence-electron chi connectivity index (χ1n) is 6.26. The smallest absolute Gasteiger partial charge is 0.0462 e. The monoisotopic (exact) mass is 215 g/mol. The molecule has 92 valence electrons. The van der Waals surface area contributed by atoms with Crippen LogP contribution in [0.5, 0.6) is 0 Å². The number of nitrogens with one attached hydrogen (secondary N) is 1. The molecule has 0 heterocycles. The molecule has 0 aromatic carbocycles. The van der Waals surface area contributed by atoms with Gasteiger partial charge in [-0.2, -0.15) is 0 Å². The molecule has 0 aliphatic carbocycles. The molecule has 1 N–H and O–H groups in total. The van der Waals surface area contributed by atoms with Crippen molar-refractivity contribution in [2.75, 3.05) is 26.8 Å². The maximum atomic E-state index is 5.12. The molecule has 2 nitrogen and oxygen atoms in total. The molecule has 2 heteroatoms. The standard InChI is InChI=1S/C13H29NO/c1-6-9-14-11-13(4,12(2)3)8-7-10-15-5/h12,14H,6-11H2,1-5H3. The summed E-state index contributed by atoms with van der Waals surface area (Å²) in [5, 5.41) is 3.54. The Morgan fingerprint density at radius 1 is 1.33 bits per heavy atom. The maximum Gasteiger partial charge on any atom is 0.0462 e. The fraction of sp³-hybridized carbons (Fsp3) is 1.00. The first kappa shape index (κ1) is 14.9. The maximum absolute atomic E-state index is 5.12. The summed E-state index contributed by atoms with van der Waals surface area (Å²) in [7, 11) is 1.78. The molecule has 0 radical (unpaired) electrons. The van der Waals surface area contributed by atoms with E-state index in [2.05, 4.69) is 33.0 Å². The first-order chi connectivity index (χ1) is 7.06. The Morgan fingerprint density at radius 2 is 2.00 bits per heavy atom. The van der Waals surface area contributed by atoms with Gasteiger partial charge in [0.25, 0.3) is 0 Å². The normalized spacial score (nSPS) is 15.6. The van der Waals surface area contributed by atoms with E-state index in [4.69, 9.17) is 4.74 Å². The summed E-state index contributed by atoms with van der Waals surface area (Å²) in [6, 6.07) is 0. The number of hydrogen-bond acceptors (Lipinski definition) is 2. The molecule has 0 aromatic heterocycles. The second kappa shape index (κ2) is 8.12. The van der Waals surface area contributed by atoms with Crippen molar-refractivity contribution in [1.82, 2.24) is 5.32 Å². The Hall–Kier alpha value is -0.0800. The van der Waals surface area contributed by atoms with Crippen molar-refractivity contribution in [1.29, 1.82) is 0 Å². The number of methoxy groups -OCH3 is 1. The molecule has 0 aliphatic heterocycles. The van der Waals surface area contributed by atoms with Crippen molar-refractivity contribution in [3.05, 3.63) is 0 Å². The van der Waals surface area contributed by atoms with E-state index in [1.54, 1.807) is 7.11 Å². The highest BCUT2D eigenvalue weighted by molar-refractivity contribution is 4.80. The lowest BCUT2D eigenvalue weighted by Crippen LogP contribution is -2.36. The Morgan fingerprint density at radius 3 is 2.47 bits per heavy atom. The molecule has 1 atom stereocenters. The average molecular weight is 215 g/mol. The minimum absolute atomic E-state index is 0.410. The highest BCUT2D eigenvalue weighted by atomic mass is 16.5. The van der Waals surface area contributed by atoms with Crippen molar-refractivity contribution < 1.29 is 4.74 Å². The van der Waals surface area contributed by atoms with Crippen LogP contribution in [0.2, 0.25) is 0 Å². The second-order valence-electron chi connectivity index (χ2n) is 5.08. The van der Waals surface area contributed by atoms with Crippen LogP contribution in [0.1, 0.15) is 47.0 Å². The molecular formula is C13H29NO. The molecule has 15 heavy (non-hydrogen) atoms. The molecule has 0 fully saturated rings. The molecule has 1 unspecified atom stereocenters. The van der Waals surface area contributed by atoms with Crippen LogP contribution in [0.4, 0.5) is 0 Å². The number of rotatable bonds is 9. The quantitative estimate of drug-likeness (QED) is 0.597. The summed E-state index contributed by atoms with van der Waals surface area (Å²) >= 11 is 0. The van der Waals surface area contributed by atoms with Gasteiger partial charge >= 0.3 is 0 Å². The van der Waals surface area contributed by atoms with Gasteiger partial charge in [0.2, 0.25) is 0 Å². The van der Waals surface area contributed by atoms with Crippen molar-refractivity contribution in [3.63, 3.8) is 0 Å². The van der Waals surface area contributed by atoms with Gasteiger partial charge in [-0.1, -0.05) is 27.7 Å². The van der Waals surface area contributed by atoms with Gasteiger partial charge in [-0.25, -0.2) is 0 Å². The predicted octanol–water partition coefficient (Wildman–Crippen LogP) is 3.07. The van der Waals surface area contributed by atoms with Crippen LogP contribution in [-0.4, -0.2) is 26.8 Å². The van der Waals surface area contributed by atoms with Crippen LogP contribution in [0.25, 0.3) is 0 Å². The van der Waals surface area contributed by atoms with E-state index in [-0.39, 0.29) is 0 Å². The summed E-state index contributed by atoms with van der Waals surface area (Å²) in [4.78, 5) is 0. The largest absolute Gasteiger partial charge is 0.385 e. The third-order valence-corrected chi connectivity index (χ3v) is 3.45. The highest BCUT2D eigenvalue weighted by Gasteiger charge is 2.27. The Bertz CT molecular complexity index is 135. The molecule has 0 aromatic rings. The zero-order valence-corrected chi connectivity index (χ0v) is 11.2. The lowest BCUT2D eigenvalue weighted by Gasteiger charge is -2.34. The van der Waals surface area contributed by atoms with E-state index in [1.807, 2.05) is 0 Å². The topological polar surface area (TPSA) is 21.3 Å². The third kappa shape index (κ3) is 6.16. The van der Waals surface area contributed by atoms with Crippen molar-refractivity contribution in [2.24, 2.45) is 11.3 Å². The average Bonchev–Trinajstić information content (AvgIpc) is 2.18. The van der Waals surface area contributed by atoms with Gasteiger partial charge in [-0.3, -0.25) is 0 Å². The minimum atomic E-state index is 0.410. The summed E-state index contributed by atoms with van der Waals surface area (Å²) in [6.45, 7) is 12.4. The van der Waals surface area contributed by atoms with E-state index < -0.39 is 0 Å². The molecule has 0 spiro atoms. The fourth-order valence-electron chi connectivity index (χ4n) is 1.75. The number of hydrogen-bond donors (Lipinski definition) is 1. The van der Waals surface area contributed by atoms with Crippen LogP contribution in [-0.2, 0) is 4.74 Å². The van der Waals surface area contributed by atoms with Crippen molar-refractivity contribution >= 4 is 0 Å². The van der Waals surface area contributed by atoms with E-state index in [0.29, 0.717) is 5.41 Å². The van der Waals surface area contributed by atoms with Gasteiger partial charge in [-0.15, -0.1) is 0 Å². The van der Waals surface area contributed by atoms with Crippen molar-refractivity contribution in [3.8, 4) is 0 Å². The Balaban J connectivity index is 3.95. The molecule has 0 saturated carbocycles. The SMILES string of the molecule is CCCNCC(C)(CCCOC)C(C)C.